The minimum absolute atomic E-state index is 0.00740. The van der Waals surface area contributed by atoms with E-state index in [4.69, 9.17) is 25.2 Å². The van der Waals surface area contributed by atoms with E-state index in [0.29, 0.717) is 51.7 Å². The van der Waals surface area contributed by atoms with Gasteiger partial charge in [0.2, 0.25) is 5.91 Å². The van der Waals surface area contributed by atoms with Gasteiger partial charge in [-0.25, -0.2) is 8.42 Å². The minimum Gasteiger partial charge on any atom is -0.467 e. The molecule has 9 nitrogen and oxygen atoms in total. The molecule has 0 spiro atoms. The fraction of sp³-hybridized carbons (Fsp3) is 0.310. The Morgan fingerprint density at radius 1 is 1.10 bits per heavy atom. The Hall–Kier alpha value is -3.76. The third-order valence-electron chi connectivity index (χ3n) is 6.78. The summed E-state index contributed by atoms with van der Waals surface area (Å²) in [5.41, 5.74) is 1.58. The van der Waals surface area contributed by atoms with Gasteiger partial charge in [-0.05, 0) is 79.9 Å². The molecule has 0 saturated heterocycles. The molecule has 0 N–H and O–H groups in total. The molecule has 2 aromatic carbocycles. The van der Waals surface area contributed by atoms with E-state index in [1.807, 2.05) is 6.07 Å². The van der Waals surface area contributed by atoms with E-state index in [1.165, 1.54) is 10.4 Å². The maximum atomic E-state index is 14.0. The van der Waals surface area contributed by atoms with E-state index in [2.05, 4.69) is 0 Å². The summed E-state index contributed by atoms with van der Waals surface area (Å²) >= 11 is 6.36. The quantitative estimate of drug-likeness (QED) is 0.150. The van der Waals surface area contributed by atoms with E-state index in [0.717, 1.165) is 12.8 Å². The zero-order valence-electron chi connectivity index (χ0n) is 21.9. The maximum Gasteiger partial charge on any atom is 0.293 e. The molecule has 0 bridgehead atoms. The van der Waals surface area contributed by atoms with Crippen molar-refractivity contribution in [1.29, 1.82) is 0 Å². The highest BCUT2D eigenvalue weighted by molar-refractivity contribution is 7.92. The Labute approximate surface area is 237 Å². The lowest BCUT2D eigenvalue weighted by molar-refractivity contribution is -0.134. The lowest BCUT2D eigenvalue weighted by atomic mass is 10.1. The van der Waals surface area contributed by atoms with Crippen LogP contribution in [0.25, 0.3) is 11.0 Å². The van der Waals surface area contributed by atoms with Crippen molar-refractivity contribution in [2.75, 3.05) is 17.5 Å². The number of halogens is 1. The van der Waals surface area contributed by atoms with E-state index < -0.39 is 10.0 Å². The number of anilines is 1. The summed E-state index contributed by atoms with van der Waals surface area (Å²) in [7, 11) is -4.00. The largest absolute Gasteiger partial charge is 0.467 e. The van der Waals surface area contributed by atoms with Crippen LogP contribution in [-0.2, 0) is 43.9 Å². The first kappa shape index (κ1) is 27.8. The molecule has 2 aromatic heterocycles. The lowest BCUT2D eigenvalue weighted by Gasteiger charge is -2.28. The van der Waals surface area contributed by atoms with Gasteiger partial charge in [-0.2, -0.15) is 0 Å². The van der Waals surface area contributed by atoms with E-state index in [-0.39, 0.29) is 43.0 Å². The summed E-state index contributed by atoms with van der Waals surface area (Å²) in [6.45, 7) is 2.89. The fourth-order valence-electron chi connectivity index (χ4n) is 4.69. The van der Waals surface area contributed by atoms with E-state index >= 15 is 0 Å². The molecule has 5 rings (SSSR count). The van der Waals surface area contributed by atoms with Crippen LogP contribution in [0.4, 0.5) is 5.69 Å². The Kier molecular flexibility index (Phi) is 8.18. The number of carbonyl (C=O) groups excluding carboxylic acids is 2. The third-order valence-corrected chi connectivity index (χ3v) is 8.90. The number of nitrogens with zero attached hydrogens (tertiary/aromatic N) is 2. The smallest absolute Gasteiger partial charge is 0.293 e. The van der Waals surface area contributed by atoms with Gasteiger partial charge in [0.15, 0.2) is 0 Å². The molecule has 0 atom stereocenters. The van der Waals surface area contributed by atoms with Crippen LogP contribution in [0.1, 0.15) is 36.8 Å². The highest BCUT2D eigenvalue weighted by atomic mass is 35.5. The molecule has 40 heavy (non-hydrogen) atoms. The predicted molar refractivity (Wildman–Crippen MR) is 149 cm³/mol. The molecule has 1 amide bonds. The van der Waals surface area contributed by atoms with E-state index in [9.17, 15) is 18.0 Å². The molecule has 1 aliphatic rings. The number of rotatable bonds is 13. The van der Waals surface area contributed by atoms with Crippen LogP contribution in [0, 0.1) is 5.92 Å². The molecule has 210 valence electrons. The number of amides is 1. The zero-order valence-corrected chi connectivity index (χ0v) is 23.5. The molecule has 1 fully saturated rings. The van der Waals surface area contributed by atoms with Gasteiger partial charge in [0.05, 0.1) is 30.0 Å². The number of hydrogen-bond donors (Lipinski definition) is 0. The molecule has 0 aliphatic heterocycles. The first-order valence-corrected chi connectivity index (χ1v) is 14.8. The summed E-state index contributed by atoms with van der Waals surface area (Å²) < 4.78 is 45.2. The Bertz CT molecular complexity index is 1610. The van der Waals surface area contributed by atoms with Gasteiger partial charge in [0.1, 0.15) is 17.1 Å². The van der Waals surface area contributed by atoms with Gasteiger partial charge in [-0.15, -0.1) is 0 Å². The molecular formula is C29H29ClN2O7S. The summed E-state index contributed by atoms with van der Waals surface area (Å²) in [6.07, 6.45) is 3.62. The van der Waals surface area contributed by atoms with Gasteiger partial charge in [0.25, 0.3) is 16.5 Å². The maximum absolute atomic E-state index is 14.0. The van der Waals surface area contributed by atoms with Crippen LogP contribution in [0.3, 0.4) is 0 Å². The summed E-state index contributed by atoms with van der Waals surface area (Å²) in [4.78, 5) is 25.4. The van der Waals surface area contributed by atoms with Crippen molar-refractivity contribution in [3.63, 3.8) is 0 Å². The van der Waals surface area contributed by atoms with Crippen LogP contribution >= 0.6 is 11.6 Å². The molecule has 11 heteroatoms. The fourth-order valence-corrected chi connectivity index (χ4v) is 6.43. The van der Waals surface area contributed by atoms with Gasteiger partial charge in [-0.3, -0.25) is 13.9 Å². The number of carbonyl (C=O) groups is 2. The second-order valence-corrected chi connectivity index (χ2v) is 11.9. The number of ether oxygens (including phenoxy) is 1. The van der Waals surface area contributed by atoms with Crippen LogP contribution < -0.4 is 4.31 Å². The van der Waals surface area contributed by atoms with Crippen LogP contribution in [0.5, 0.6) is 0 Å². The number of hydrogen-bond acceptors (Lipinski definition) is 7. The highest BCUT2D eigenvalue weighted by Gasteiger charge is 2.35. The molecule has 2 heterocycles. The normalized spacial score (nSPS) is 13.3. The monoisotopic (exact) mass is 584 g/mol. The van der Waals surface area contributed by atoms with Gasteiger partial charge >= 0.3 is 0 Å². The Morgan fingerprint density at radius 2 is 1.93 bits per heavy atom. The third kappa shape index (κ3) is 6.03. The van der Waals surface area contributed by atoms with Crippen LogP contribution in [-0.4, -0.2) is 38.8 Å². The summed E-state index contributed by atoms with van der Waals surface area (Å²) in [6, 6.07) is 15.0. The number of sulfonamides is 1. The SMILES string of the molecule is CCN(c1ccc(Cl)cc1CN(Cc1ccco1)C(=O)C1CC1)S(=O)(=O)c1ccc2oc(CCOC=O)cc2c1. The summed E-state index contributed by atoms with van der Waals surface area (Å²) in [5.74, 6) is 1.20. The van der Waals surface area contributed by atoms with Crippen molar-refractivity contribution in [3.05, 3.63) is 83.0 Å². The minimum atomic E-state index is -4.00. The lowest BCUT2D eigenvalue weighted by Crippen LogP contribution is -2.34. The van der Waals surface area contributed by atoms with Crippen molar-refractivity contribution in [2.24, 2.45) is 5.92 Å². The molecule has 1 saturated carbocycles. The molecule has 4 aromatic rings. The number of furan rings is 2. The standard InChI is InChI=1S/C29H29ClN2O7S/c1-2-32(40(35,36)26-8-10-28-21(16-26)15-24(39-28)11-13-37-19-33)27-9-7-23(30)14-22(27)17-31(29(34)20-5-6-20)18-25-4-3-12-38-25/h3-4,7-10,12,14-16,19-20H,2,5-6,11,13,17-18H2,1H3. The topological polar surface area (TPSA) is 110 Å². The highest BCUT2D eigenvalue weighted by Crippen LogP contribution is 2.35. The number of fused-ring (bicyclic) bond motifs is 1. The average molecular weight is 585 g/mol. The second kappa shape index (κ2) is 11.8. The van der Waals surface area contributed by atoms with Gasteiger partial charge in [-0.1, -0.05) is 11.6 Å². The Morgan fingerprint density at radius 3 is 2.62 bits per heavy atom. The number of benzene rings is 2. The molecular weight excluding hydrogens is 556 g/mol. The summed E-state index contributed by atoms with van der Waals surface area (Å²) in [5, 5.41) is 1.06. The van der Waals surface area contributed by atoms with Crippen molar-refractivity contribution >= 4 is 50.7 Å². The predicted octanol–water partition coefficient (Wildman–Crippen LogP) is 5.55. The van der Waals surface area contributed by atoms with Gasteiger partial charge < -0.3 is 18.5 Å². The van der Waals surface area contributed by atoms with Crippen molar-refractivity contribution < 1.29 is 31.6 Å². The molecule has 0 radical (unpaired) electrons. The van der Waals surface area contributed by atoms with Crippen molar-refractivity contribution in [2.45, 2.75) is 44.2 Å². The van der Waals surface area contributed by atoms with Crippen LogP contribution in [0.15, 0.2) is 74.6 Å². The van der Waals surface area contributed by atoms with Crippen molar-refractivity contribution in [1.82, 2.24) is 4.90 Å². The molecule has 0 unspecified atom stereocenters. The average Bonchev–Trinajstić information content (AvgIpc) is 3.50. The second-order valence-electron chi connectivity index (χ2n) is 9.62. The first-order chi connectivity index (χ1) is 19.3. The molecule has 1 aliphatic carbocycles. The van der Waals surface area contributed by atoms with Crippen LogP contribution in [0.2, 0.25) is 5.02 Å². The zero-order chi connectivity index (χ0) is 28.3. The first-order valence-electron chi connectivity index (χ1n) is 13.0. The van der Waals surface area contributed by atoms with Gasteiger partial charge in [0, 0.05) is 35.8 Å². The van der Waals surface area contributed by atoms with Crippen molar-refractivity contribution in [3.8, 4) is 0 Å². The Balaban J connectivity index is 1.46. The van der Waals surface area contributed by atoms with E-state index in [1.54, 1.807) is 60.6 Å².